The number of benzene rings is 1. The van der Waals surface area contributed by atoms with Gasteiger partial charge in [-0.2, -0.15) is 0 Å². The number of esters is 2. The number of aliphatic hydroxyl groups excluding tert-OH is 2. The number of hydrogen-bond donors (Lipinski definition) is 2. The van der Waals surface area contributed by atoms with Crippen LogP contribution >= 0.6 is 0 Å². The van der Waals surface area contributed by atoms with Gasteiger partial charge in [-0.05, 0) is 0 Å². The molecule has 2 aliphatic rings. The van der Waals surface area contributed by atoms with Crippen LogP contribution in [0.25, 0.3) is 17.9 Å². The highest BCUT2D eigenvalue weighted by Gasteiger charge is 2.32. The van der Waals surface area contributed by atoms with E-state index < -0.39 is 24.0 Å². The van der Waals surface area contributed by atoms with E-state index in [1.807, 2.05) is 0 Å². The first-order valence-electron chi connectivity index (χ1n) is 6.43. The van der Waals surface area contributed by atoms with E-state index in [0.29, 0.717) is 10.8 Å². The van der Waals surface area contributed by atoms with Gasteiger partial charge in [-0.25, -0.2) is 0 Å². The number of fused-ring (bicyclic) bond motifs is 3. The molecule has 0 saturated heterocycles. The van der Waals surface area contributed by atoms with Crippen LogP contribution in [0.2, 0.25) is 0 Å². The summed E-state index contributed by atoms with van der Waals surface area (Å²) >= 11 is 0. The number of rotatable bonds is 2. The Morgan fingerprint density at radius 2 is 1.82 bits per heavy atom. The summed E-state index contributed by atoms with van der Waals surface area (Å²) in [5.74, 6) is -1.80. The average molecular weight is 304 g/mol. The summed E-state index contributed by atoms with van der Waals surface area (Å²) in [5.41, 5.74) is 0.519. The molecular weight excluding hydrogens is 292 g/mol. The Hall–Kier alpha value is -2.80. The Balaban J connectivity index is 2.42. The van der Waals surface area contributed by atoms with Crippen molar-refractivity contribution in [2.45, 2.75) is 20.1 Å². The Bertz CT molecular complexity index is 848. The van der Waals surface area contributed by atoms with Crippen LogP contribution in [0.1, 0.15) is 19.4 Å². The molecule has 7 nitrogen and oxygen atoms in total. The van der Waals surface area contributed by atoms with Crippen molar-refractivity contribution in [3.05, 3.63) is 22.1 Å². The van der Waals surface area contributed by atoms with E-state index in [0.717, 1.165) is 0 Å². The number of ether oxygens (including phenoxy) is 3. The van der Waals surface area contributed by atoms with E-state index in [2.05, 4.69) is 0 Å². The molecule has 0 spiro atoms. The van der Waals surface area contributed by atoms with Crippen molar-refractivity contribution in [3.8, 4) is 17.2 Å². The number of allylic oxidation sites excluding steroid dienone is 1. The minimum atomic E-state index is -1.57. The third-order valence-corrected chi connectivity index (χ3v) is 3.18. The Kier molecular flexibility index (Phi) is 3.14. The van der Waals surface area contributed by atoms with E-state index in [9.17, 15) is 19.8 Å². The molecule has 0 radical (unpaired) electrons. The molecule has 1 atom stereocenters. The van der Waals surface area contributed by atoms with Crippen molar-refractivity contribution in [3.63, 3.8) is 0 Å². The van der Waals surface area contributed by atoms with Crippen LogP contribution in [0.4, 0.5) is 0 Å². The fraction of sp³-hybridized carbons (Fsp3) is 0.200. The lowest BCUT2D eigenvalue weighted by Crippen LogP contribution is -2.23. The van der Waals surface area contributed by atoms with Gasteiger partial charge in [0.2, 0.25) is 0 Å². The maximum Gasteiger partial charge on any atom is 0.308 e. The first kappa shape index (κ1) is 14.2. The molecule has 0 bridgehead atoms. The molecule has 3 rings (SSSR count). The van der Waals surface area contributed by atoms with Gasteiger partial charge in [0.05, 0.1) is 0 Å². The van der Waals surface area contributed by atoms with Gasteiger partial charge in [-0.1, -0.05) is 18.2 Å². The maximum atomic E-state index is 11.4. The Morgan fingerprint density at radius 3 is 2.45 bits per heavy atom. The van der Waals surface area contributed by atoms with Crippen molar-refractivity contribution in [2.75, 3.05) is 0 Å². The molecule has 2 N–H and O–H groups in total. The SMILES string of the molecule is CC(=O)Oc1c(OC(C)=O)c2c(c3c1=CC=C3)OC(O)C=2O. The van der Waals surface area contributed by atoms with Gasteiger partial charge in [-0.3, -0.25) is 9.59 Å². The van der Waals surface area contributed by atoms with Gasteiger partial charge in [0.25, 0.3) is 6.29 Å². The third kappa shape index (κ3) is 2.03. The second-order valence-corrected chi connectivity index (χ2v) is 4.76. The fourth-order valence-corrected chi connectivity index (χ4v) is 2.42. The van der Waals surface area contributed by atoms with Crippen molar-refractivity contribution in [2.24, 2.45) is 0 Å². The summed E-state index contributed by atoms with van der Waals surface area (Å²) in [4.78, 5) is 22.7. The van der Waals surface area contributed by atoms with Crippen molar-refractivity contribution in [1.29, 1.82) is 0 Å². The number of aliphatic hydroxyl groups is 2. The van der Waals surface area contributed by atoms with Gasteiger partial charge in [0.15, 0.2) is 17.3 Å². The van der Waals surface area contributed by atoms with Crippen molar-refractivity contribution in [1.82, 2.24) is 0 Å². The summed E-state index contributed by atoms with van der Waals surface area (Å²) in [5, 5.41) is 20.2. The number of carbonyl (C=O) groups excluding carboxylic acids is 2. The summed E-state index contributed by atoms with van der Waals surface area (Å²) in [6.45, 7) is 2.37. The highest BCUT2D eigenvalue weighted by molar-refractivity contribution is 5.82. The zero-order valence-corrected chi connectivity index (χ0v) is 11.7. The molecule has 1 aliphatic heterocycles. The molecule has 1 unspecified atom stereocenters. The van der Waals surface area contributed by atoms with Gasteiger partial charge in [-0.15, -0.1) is 0 Å². The molecular formula is C15H12O7. The quantitative estimate of drug-likeness (QED) is 0.572. The van der Waals surface area contributed by atoms with Crippen LogP contribution in [-0.4, -0.2) is 28.4 Å². The fourth-order valence-electron chi connectivity index (χ4n) is 2.42. The second-order valence-electron chi connectivity index (χ2n) is 4.76. The lowest BCUT2D eigenvalue weighted by atomic mass is 10.1. The van der Waals surface area contributed by atoms with E-state index >= 15 is 0 Å². The highest BCUT2D eigenvalue weighted by atomic mass is 16.6. The average Bonchev–Trinajstić information content (AvgIpc) is 2.99. The highest BCUT2D eigenvalue weighted by Crippen LogP contribution is 2.32. The molecule has 0 fully saturated rings. The maximum absolute atomic E-state index is 11.4. The predicted molar refractivity (Wildman–Crippen MR) is 74.5 cm³/mol. The standard InChI is InChI=1S/C15H12O7/c1-6(16)20-13-9-5-3-4-8(9)12-10(11(18)15(19)22-12)14(13)21-7(2)17/h3-5,15,18-19H,1-2H3. The van der Waals surface area contributed by atoms with Gasteiger partial charge >= 0.3 is 11.9 Å². The van der Waals surface area contributed by atoms with Gasteiger partial charge in [0, 0.05) is 24.6 Å². The van der Waals surface area contributed by atoms with Crippen molar-refractivity contribution >= 4 is 29.8 Å². The molecule has 22 heavy (non-hydrogen) atoms. The minimum absolute atomic E-state index is 0.00218. The number of carbonyl (C=O) groups is 2. The summed E-state index contributed by atoms with van der Waals surface area (Å²) in [7, 11) is 0. The zero-order valence-electron chi connectivity index (χ0n) is 11.7. The zero-order chi connectivity index (χ0) is 16.0. The first-order chi connectivity index (χ1) is 10.4. The van der Waals surface area contributed by atoms with E-state index in [1.54, 1.807) is 18.2 Å². The Morgan fingerprint density at radius 1 is 1.18 bits per heavy atom. The lowest BCUT2D eigenvalue weighted by molar-refractivity contribution is -0.134. The third-order valence-electron chi connectivity index (χ3n) is 3.18. The Labute approximate surface area is 124 Å². The van der Waals surface area contributed by atoms with Crippen LogP contribution in [0.3, 0.4) is 0 Å². The van der Waals surface area contributed by atoms with Crippen LogP contribution in [0, 0.1) is 0 Å². The predicted octanol–water partition coefficient (Wildman–Crippen LogP) is -0.279. The normalized spacial score (nSPS) is 17.4. The van der Waals surface area contributed by atoms with Crippen LogP contribution in [0.15, 0.2) is 6.08 Å². The first-order valence-corrected chi connectivity index (χ1v) is 6.43. The monoisotopic (exact) mass is 304 g/mol. The lowest BCUT2D eigenvalue weighted by Gasteiger charge is -2.12. The van der Waals surface area contributed by atoms with Crippen molar-refractivity contribution < 1.29 is 34.0 Å². The molecule has 1 aromatic carbocycles. The minimum Gasteiger partial charge on any atom is -0.505 e. The van der Waals surface area contributed by atoms with Crippen LogP contribution in [-0.2, 0) is 9.59 Å². The molecule has 7 heteroatoms. The number of hydrogen-bond acceptors (Lipinski definition) is 7. The van der Waals surface area contributed by atoms with Crippen LogP contribution < -0.4 is 24.6 Å². The summed E-state index contributed by atoms with van der Waals surface area (Å²) in [6.07, 6.45) is 3.42. The topological polar surface area (TPSA) is 102 Å². The summed E-state index contributed by atoms with van der Waals surface area (Å²) in [6, 6.07) is 0. The van der Waals surface area contributed by atoms with Crippen LogP contribution in [0.5, 0.6) is 17.2 Å². The van der Waals surface area contributed by atoms with E-state index in [-0.39, 0.29) is 22.5 Å². The molecule has 1 aromatic rings. The van der Waals surface area contributed by atoms with E-state index in [1.165, 1.54) is 13.8 Å². The van der Waals surface area contributed by atoms with Gasteiger partial charge in [0.1, 0.15) is 11.0 Å². The second kappa shape index (κ2) is 4.88. The van der Waals surface area contributed by atoms with E-state index in [4.69, 9.17) is 14.2 Å². The molecule has 114 valence electrons. The van der Waals surface area contributed by atoms with Gasteiger partial charge < -0.3 is 24.4 Å². The molecule has 1 heterocycles. The molecule has 0 saturated carbocycles. The molecule has 0 aromatic heterocycles. The molecule has 1 aliphatic carbocycles. The molecule has 0 amide bonds. The summed E-state index contributed by atoms with van der Waals surface area (Å²) < 4.78 is 15.5. The largest absolute Gasteiger partial charge is 0.505 e. The smallest absolute Gasteiger partial charge is 0.308 e.